The summed E-state index contributed by atoms with van der Waals surface area (Å²) in [6.45, 7) is 4.18. The van der Waals surface area contributed by atoms with Crippen LogP contribution in [0.3, 0.4) is 0 Å². The van der Waals surface area contributed by atoms with Crippen LogP contribution in [0.1, 0.15) is 37.8 Å². The van der Waals surface area contributed by atoms with Gasteiger partial charge < -0.3 is 0 Å². The molecule has 0 amide bonds. The number of nitrogens with zero attached hydrogens (tertiary/aromatic N) is 2. The van der Waals surface area contributed by atoms with Crippen molar-refractivity contribution < 1.29 is 0 Å². The van der Waals surface area contributed by atoms with Crippen molar-refractivity contribution in [3.05, 3.63) is 57.3 Å². The fourth-order valence-corrected chi connectivity index (χ4v) is 2.65. The Kier molecular flexibility index (Phi) is 5.53. The van der Waals surface area contributed by atoms with Crippen molar-refractivity contribution in [3.8, 4) is 11.1 Å². The standard InChI is InChI=1S/C18H20N2O2/c1-3-5-13-7-9-18(20-22)16(11-13)14-8-10-17(19-21)15(12-14)6-4-2/h7-12H,3-6H2,1-2H3. The van der Waals surface area contributed by atoms with Crippen LogP contribution in [0.4, 0.5) is 11.4 Å². The highest BCUT2D eigenvalue weighted by atomic mass is 16.3. The fraction of sp³-hybridized carbons (Fsp3) is 0.333. The smallest absolute Gasteiger partial charge is 0.115 e. The molecule has 2 aromatic rings. The maximum absolute atomic E-state index is 11.1. The van der Waals surface area contributed by atoms with Crippen LogP contribution in [-0.4, -0.2) is 0 Å². The third-order valence-corrected chi connectivity index (χ3v) is 3.71. The minimum atomic E-state index is 0.425. The second-order valence-electron chi connectivity index (χ2n) is 5.38. The molecule has 0 bridgehead atoms. The number of rotatable bonds is 7. The summed E-state index contributed by atoms with van der Waals surface area (Å²) in [6, 6.07) is 11.2. The van der Waals surface area contributed by atoms with E-state index >= 15 is 0 Å². The highest BCUT2D eigenvalue weighted by Crippen LogP contribution is 2.34. The van der Waals surface area contributed by atoms with Crippen LogP contribution in [0.15, 0.2) is 46.8 Å². The monoisotopic (exact) mass is 296 g/mol. The van der Waals surface area contributed by atoms with Crippen LogP contribution >= 0.6 is 0 Å². The minimum absolute atomic E-state index is 0.425. The zero-order valence-electron chi connectivity index (χ0n) is 13.0. The van der Waals surface area contributed by atoms with Crippen LogP contribution in [0.5, 0.6) is 0 Å². The fourth-order valence-electron chi connectivity index (χ4n) is 2.65. The lowest BCUT2D eigenvalue weighted by atomic mass is 9.96. The molecule has 0 fully saturated rings. The van der Waals surface area contributed by atoms with Gasteiger partial charge in [-0.25, -0.2) is 0 Å². The van der Waals surface area contributed by atoms with Gasteiger partial charge in [-0.05, 0) is 64.2 Å². The van der Waals surface area contributed by atoms with Crippen molar-refractivity contribution in [1.82, 2.24) is 0 Å². The van der Waals surface area contributed by atoms with E-state index in [4.69, 9.17) is 0 Å². The van der Waals surface area contributed by atoms with Crippen LogP contribution in [0.2, 0.25) is 0 Å². The molecule has 0 radical (unpaired) electrons. The summed E-state index contributed by atoms with van der Waals surface area (Å²) in [6.07, 6.45) is 3.72. The van der Waals surface area contributed by atoms with Gasteiger partial charge in [0.2, 0.25) is 0 Å². The van der Waals surface area contributed by atoms with Crippen molar-refractivity contribution in [2.24, 2.45) is 10.4 Å². The lowest BCUT2D eigenvalue weighted by Crippen LogP contribution is -1.89. The predicted molar refractivity (Wildman–Crippen MR) is 90.8 cm³/mol. The summed E-state index contributed by atoms with van der Waals surface area (Å²) in [5.74, 6) is 0. The molecular formula is C18H20N2O2. The van der Waals surface area contributed by atoms with Crippen molar-refractivity contribution in [2.75, 3.05) is 0 Å². The summed E-state index contributed by atoms with van der Waals surface area (Å²) < 4.78 is 0. The average molecular weight is 296 g/mol. The van der Waals surface area contributed by atoms with E-state index in [2.05, 4.69) is 24.2 Å². The van der Waals surface area contributed by atoms with Crippen LogP contribution in [0, 0.1) is 9.81 Å². The quantitative estimate of drug-likeness (QED) is 0.583. The zero-order chi connectivity index (χ0) is 15.9. The van der Waals surface area contributed by atoms with Crippen molar-refractivity contribution in [2.45, 2.75) is 39.5 Å². The molecule has 0 aliphatic rings. The number of aryl methyl sites for hydroxylation is 2. The van der Waals surface area contributed by atoms with E-state index in [1.807, 2.05) is 24.3 Å². The molecule has 0 saturated heterocycles. The van der Waals surface area contributed by atoms with Gasteiger partial charge in [-0.2, -0.15) is 0 Å². The van der Waals surface area contributed by atoms with Gasteiger partial charge in [-0.1, -0.05) is 38.8 Å². The Morgan fingerprint density at radius 1 is 0.818 bits per heavy atom. The molecule has 2 rings (SSSR count). The van der Waals surface area contributed by atoms with Gasteiger partial charge in [0.25, 0.3) is 0 Å². The van der Waals surface area contributed by atoms with Gasteiger partial charge in [0.05, 0.1) is 0 Å². The Balaban J connectivity index is 2.54. The molecule has 0 saturated carbocycles. The summed E-state index contributed by atoms with van der Waals surface area (Å²) in [7, 11) is 0. The first kappa shape index (κ1) is 16.0. The van der Waals surface area contributed by atoms with Crippen molar-refractivity contribution in [1.29, 1.82) is 0 Å². The average Bonchev–Trinajstić information content (AvgIpc) is 2.55. The maximum Gasteiger partial charge on any atom is 0.115 e. The van der Waals surface area contributed by atoms with E-state index in [0.29, 0.717) is 11.4 Å². The van der Waals surface area contributed by atoms with E-state index in [-0.39, 0.29) is 0 Å². The topological polar surface area (TPSA) is 58.9 Å². The van der Waals surface area contributed by atoms with Crippen LogP contribution in [0.25, 0.3) is 11.1 Å². The molecule has 0 spiro atoms. The third kappa shape index (κ3) is 3.45. The Labute approximate surface area is 130 Å². The molecule has 0 unspecified atom stereocenters. The molecule has 0 heterocycles. The number of hydrogen-bond donors (Lipinski definition) is 0. The first-order valence-electron chi connectivity index (χ1n) is 7.66. The van der Waals surface area contributed by atoms with E-state index < -0.39 is 0 Å². The van der Waals surface area contributed by atoms with Gasteiger partial charge in [-0.3, -0.25) is 0 Å². The van der Waals surface area contributed by atoms with Gasteiger partial charge in [0.1, 0.15) is 11.4 Å². The third-order valence-electron chi connectivity index (χ3n) is 3.71. The molecule has 22 heavy (non-hydrogen) atoms. The van der Waals surface area contributed by atoms with Gasteiger partial charge >= 0.3 is 0 Å². The van der Waals surface area contributed by atoms with E-state index in [0.717, 1.165) is 42.4 Å². The molecule has 0 aliphatic heterocycles. The van der Waals surface area contributed by atoms with Crippen molar-refractivity contribution >= 4 is 11.4 Å². The molecule has 114 valence electrons. The van der Waals surface area contributed by atoms with Gasteiger partial charge in [0.15, 0.2) is 0 Å². The molecule has 0 atom stereocenters. The van der Waals surface area contributed by atoms with Crippen LogP contribution in [-0.2, 0) is 12.8 Å². The lowest BCUT2D eigenvalue weighted by Gasteiger charge is -2.10. The Morgan fingerprint density at radius 3 is 2.14 bits per heavy atom. The highest BCUT2D eigenvalue weighted by Gasteiger charge is 2.10. The molecule has 0 N–H and O–H groups in total. The van der Waals surface area contributed by atoms with E-state index in [9.17, 15) is 9.81 Å². The first-order chi connectivity index (χ1) is 10.7. The minimum Gasteiger partial charge on any atom is -0.145 e. The zero-order valence-corrected chi connectivity index (χ0v) is 13.0. The Bertz CT molecular complexity index is 681. The van der Waals surface area contributed by atoms with Crippen molar-refractivity contribution in [3.63, 3.8) is 0 Å². The Morgan fingerprint density at radius 2 is 1.50 bits per heavy atom. The number of benzene rings is 2. The second-order valence-corrected chi connectivity index (χ2v) is 5.38. The molecule has 4 heteroatoms. The maximum atomic E-state index is 11.1. The molecular weight excluding hydrogens is 276 g/mol. The first-order valence-corrected chi connectivity index (χ1v) is 7.66. The summed E-state index contributed by atoms with van der Waals surface area (Å²) in [4.78, 5) is 22.0. The van der Waals surface area contributed by atoms with E-state index in [1.165, 1.54) is 5.56 Å². The predicted octanol–water partition coefficient (Wildman–Crippen LogP) is 6.05. The molecule has 0 aliphatic carbocycles. The number of nitroso groups, excluding NO2 is 2. The number of hydrogen-bond acceptors (Lipinski definition) is 4. The lowest BCUT2D eigenvalue weighted by molar-refractivity contribution is 0.920. The van der Waals surface area contributed by atoms with E-state index in [1.54, 1.807) is 12.1 Å². The normalized spacial score (nSPS) is 10.5. The summed E-state index contributed by atoms with van der Waals surface area (Å²) in [5.41, 5.74) is 4.71. The van der Waals surface area contributed by atoms with Gasteiger partial charge in [-0.15, -0.1) is 9.81 Å². The Hall–Kier alpha value is -2.36. The van der Waals surface area contributed by atoms with Gasteiger partial charge in [0, 0.05) is 5.56 Å². The molecule has 0 aromatic heterocycles. The molecule has 4 nitrogen and oxygen atoms in total. The summed E-state index contributed by atoms with van der Waals surface area (Å²) >= 11 is 0. The summed E-state index contributed by atoms with van der Waals surface area (Å²) in [5, 5.41) is 6.21. The van der Waals surface area contributed by atoms with Crippen LogP contribution < -0.4 is 0 Å². The largest absolute Gasteiger partial charge is 0.145 e. The second kappa shape index (κ2) is 7.59. The SMILES string of the molecule is CCCc1ccc(N=O)c(-c2ccc(N=O)c(CCC)c2)c1. The molecule has 2 aromatic carbocycles. The highest BCUT2D eigenvalue weighted by molar-refractivity contribution is 5.78.